The predicted molar refractivity (Wildman–Crippen MR) is 108 cm³/mol. The topological polar surface area (TPSA) is 93.5 Å². The molecule has 0 bridgehead atoms. The average molecular weight is 394 g/mol. The van der Waals surface area contributed by atoms with Crippen LogP contribution in [0.2, 0.25) is 0 Å². The van der Waals surface area contributed by atoms with Gasteiger partial charge in [0, 0.05) is 42.4 Å². The van der Waals surface area contributed by atoms with E-state index in [4.69, 9.17) is 9.47 Å². The molecule has 150 valence electrons. The Kier molecular flexibility index (Phi) is 5.18. The highest BCUT2D eigenvalue weighted by atomic mass is 16.6. The van der Waals surface area contributed by atoms with Crippen LogP contribution in [0.5, 0.6) is 11.5 Å². The minimum absolute atomic E-state index is 0.117. The van der Waals surface area contributed by atoms with Gasteiger partial charge in [-0.3, -0.25) is 15.2 Å². The van der Waals surface area contributed by atoms with Crippen LogP contribution in [0, 0.1) is 10.1 Å². The van der Waals surface area contributed by atoms with Crippen molar-refractivity contribution in [1.82, 2.24) is 15.1 Å². The van der Waals surface area contributed by atoms with E-state index in [9.17, 15) is 10.1 Å². The summed E-state index contributed by atoms with van der Waals surface area (Å²) >= 11 is 0. The van der Waals surface area contributed by atoms with Gasteiger partial charge in [0.15, 0.2) is 5.75 Å². The van der Waals surface area contributed by atoms with Crippen LogP contribution in [0.4, 0.5) is 5.69 Å². The zero-order chi connectivity index (χ0) is 20.4. The van der Waals surface area contributed by atoms with Gasteiger partial charge in [-0.1, -0.05) is 30.3 Å². The first-order valence-electron chi connectivity index (χ1n) is 9.35. The van der Waals surface area contributed by atoms with Crippen LogP contribution in [0.1, 0.15) is 16.8 Å². The summed E-state index contributed by atoms with van der Waals surface area (Å²) in [7, 11) is 3.52. The van der Waals surface area contributed by atoms with Gasteiger partial charge in [-0.25, -0.2) is 0 Å². The molecule has 1 aromatic heterocycles. The van der Waals surface area contributed by atoms with Gasteiger partial charge >= 0.3 is 5.69 Å². The molecule has 0 radical (unpaired) electrons. The summed E-state index contributed by atoms with van der Waals surface area (Å²) in [6, 6.07) is 12.8. The first-order valence-corrected chi connectivity index (χ1v) is 9.35. The summed E-state index contributed by atoms with van der Waals surface area (Å²) in [5.41, 5.74) is 4.25. The van der Waals surface area contributed by atoms with Gasteiger partial charge in [0.1, 0.15) is 6.61 Å². The fourth-order valence-electron chi connectivity index (χ4n) is 3.56. The van der Waals surface area contributed by atoms with E-state index < -0.39 is 4.92 Å². The first-order chi connectivity index (χ1) is 14.1. The summed E-state index contributed by atoms with van der Waals surface area (Å²) in [5, 5.41) is 19.3. The van der Waals surface area contributed by atoms with E-state index in [0.717, 1.165) is 36.3 Å². The van der Waals surface area contributed by atoms with Crippen molar-refractivity contribution < 1.29 is 14.4 Å². The number of aromatic amines is 1. The number of hydrogen-bond donors (Lipinski definition) is 1. The summed E-state index contributed by atoms with van der Waals surface area (Å²) in [6.45, 7) is 1.90. The standard InChI is InChI=1S/C21H22N4O4/c1-24-9-8-17-16(12-24)20(23-22-17)15-10-18(25(26)27)21(19(11-15)28-2)29-13-14-6-4-3-5-7-14/h3-7,10-11H,8-9,12-13H2,1-2H3,(H,22,23). The molecule has 1 aliphatic heterocycles. The maximum Gasteiger partial charge on any atom is 0.315 e. The second-order valence-corrected chi connectivity index (χ2v) is 7.08. The second kappa shape index (κ2) is 7.92. The van der Waals surface area contributed by atoms with Gasteiger partial charge in [0.2, 0.25) is 5.75 Å². The van der Waals surface area contributed by atoms with Crippen LogP contribution >= 0.6 is 0 Å². The van der Waals surface area contributed by atoms with Crippen molar-refractivity contribution in [3.8, 4) is 22.8 Å². The van der Waals surface area contributed by atoms with Crippen LogP contribution in [0.3, 0.4) is 0 Å². The summed E-state index contributed by atoms with van der Waals surface area (Å²) in [6.07, 6.45) is 0.871. The molecule has 4 rings (SSSR count). The van der Waals surface area contributed by atoms with Gasteiger partial charge in [-0.2, -0.15) is 5.10 Å². The van der Waals surface area contributed by atoms with Crippen molar-refractivity contribution in [3.63, 3.8) is 0 Å². The molecule has 2 heterocycles. The molecule has 29 heavy (non-hydrogen) atoms. The lowest BCUT2D eigenvalue weighted by Crippen LogP contribution is -2.26. The number of ether oxygens (including phenoxy) is 2. The fourth-order valence-corrected chi connectivity index (χ4v) is 3.56. The Morgan fingerprint density at radius 3 is 2.79 bits per heavy atom. The second-order valence-electron chi connectivity index (χ2n) is 7.08. The van der Waals surface area contributed by atoms with Crippen molar-refractivity contribution in [2.45, 2.75) is 19.6 Å². The maximum absolute atomic E-state index is 11.8. The molecule has 0 saturated heterocycles. The highest BCUT2D eigenvalue weighted by Crippen LogP contribution is 2.42. The minimum Gasteiger partial charge on any atom is -0.493 e. The van der Waals surface area contributed by atoms with Crippen molar-refractivity contribution in [2.24, 2.45) is 0 Å². The van der Waals surface area contributed by atoms with Gasteiger partial charge < -0.3 is 14.4 Å². The van der Waals surface area contributed by atoms with Gasteiger partial charge in [0.25, 0.3) is 0 Å². The molecule has 0 fully saturated rings. The summed E-state index contributed by atoms with van der Waals surface area (Å²) in [5.74, 6) is 0.428. The Balaban J connectivity index is 1.73. The molecule has 0 amide bonds. The average Bonchev–Trinajstić information content (AvgIpc) is 3.15. The normalized spacial score (nSPS) is 13.7. The first kappa shape index (κ1) is 18.9. The third kappa shape index (κ3) is 3.79. The molecule has 8 nitrogen and oxygen atoms in total. The number of nitrogens with zero attached hydrogens (tertiary/aromatic N) is 3. The van der Waals surface area contributed by atoms with Crippen molar-refractivity contribution in [1.29, 1.82) is 0 Å². The number of H-pyrrole nitrogens is 1. The van der Waals surface area contributed by atoms with E-state index >= 15 is 0 Å². The molecule has 0 aliphatic carbocycles. The highest BCUT2D eigenvalue weighted by molar-refractivity contribution is 5.73. The highest BCUT2D eigenvalue weighted by Gasteiger charge is 2.27. The molecule has 2 aromatic carbocycles. The molecule has 1 N–H and O–H groups in total. The smallest absolute Gasteiger partial charge is 0.315 e. The SMILES string of the molecule is COc1cc(-c2n[nH]c3c2CN(C)CC3)cc([N+](=O)[O-])c1OCc1ccccc1. The van der Waals surface area contributed by atoms with Crippen molar-refractivity contribution in [3.05, 3.63) is 69.4 Å². The minimum atomic E-state index is -0.447. The number of nitrogens with one attached hydrogen (secondary N) is 1. The van der Waals surface area contributed by atoms with Gasteiger partial charge in [-0.05, 0) is 18.7 Å². The quantitative estimate of drug-likeness (QED) is 0.508. The van der Waals surface area contributed by atoms with Crippen molar-refractivity contribution >= 4 is 5.69 Å². The molecular formula is C21H22N4O4. The number of likely N-dealkylation sites (N-methyl/N-ethyl adjacent to an activating group) is 1. The Morgan fingerprint density at radius 1 is 1.28 bits per heavy atom. The van der Waals surface area contributed by atoms with E-state index in [1.165, 1.54) is 13.2 Å². The van der Waals surface area contributed by atoms with Crippen LogP contribution < -0.4 is 9.47 Å². The third-order valence-electron chi connectivity index (χ3n) is 5.08. The van der Waals surface area contributed by atoms with E-state index in [1.54, 1.807) is 6.07 Å². The molecule has 0 atom stereocenters. The van der Waals surface area contributed by atoms with Gasteiger partial charge in [0.05, 0.1) is 17.7 Å². The number of rotatable bonds is 6. The Labute approximate surface area is 168 Å². The molecular weight excluding hydrogens is 372 g/mol. The maximum atomic E-state index is 11.8. The Bertz CT molecular complexity index is 1030. The molecule has 8 heteroatoms. The predicted octanol–water partition coefficient (Wildman–Crippen LogP) is 3.56. The number of methoxy groups -OCH3 is 1. The molecule has 1 aliphatic rings. The molecule has 0 saturated carbocycles. The van der Waals surface area contributed by atoms with Crippen LogP contribution in [-0.2, 0) is 19.6 Å². The summed E-state index contributed by atoms with van der Waals surface area (Å²) < 4.78 is 11.3. The number of fused-ring (bicyclic) bond motifs is 1. The zero-order valence-corrected chi connectivity index (χ0v) is 16.3. The third-order valence-corrected chi connectivity index (χ3v) is 5.08. The Hall–Kier alpha value is -3.39. The van der Waals surface area contributed by atoms with Crippen LogP contribution in [0.25, 0.3) is 11.3 Å². The number of nitro groups is 1. The Morgan fingerprint density at radius 2 is 2.07 bits per heavy atom. The van der Waals surface area contributed by atoms with Crippen LogP contribution in [0.15, 0.2) is 42.5 Å². The molecule has 0 spiro atoms. The largest absolute Gasteiger partial charge is 0.493 e. The van der Waals surface area contributed by atoms with E-state index in [0.29, 0.717) is 17.0 Å². The molecule has 0 unspecified atom stereocenters. The monoisotopic (exact) mass is 394 g/mol. The van der Waals surface area contributed by atoms with E-state index in [2.05, 4.69) is 15.1 Å². The number of nitro benzene ring substituents is 1. The number of hydrogen-bond acceptors (Lipinski definition) is 6. The number of aromatic nitrogens is 2. The van der Waals surface area contributed by atoms with E-state index in [-0.39, 0.29) is 18.0 Å². The van der Waals surface area contributed by atoms with Crippen LogP contribution in [-0.4, -0.2) is 40.7 Å². The number of benzene rings is 2. The van der Waals surface area contributed by atoms with Crippen molar-refractivity contribution in [2.75, 3.05) is 20.7 Å². The zero-order valence-electron chi connectivity index (χ0n) is 16.3. The fraction of sp³-hybridized carbons (Fsp3) is 0.286. The molecule has 3 aromatic rings. The summed E-state index contributed by atoms with van der Waals surface area (Å²) in [4.78, 5) is 13.5. The lowest BCUT2D eigenvalue weighted by atomic mass is 10.0. The lowest BCUT2D eigenvalue weighted by molar-refractivity contribution is -0.386. The van der Waals surface area contributed by atoms with Gasteiger partial charge in [-0.15, -0.1) is 0 Å². The van der Waals surface area contributed by atoms with E-state index in [1.807, 2.05) is 37.4 Å². The lowest BCUT2D eigenvalue weighted by Gasteiger charge is -2.22.